The summed E-state index contributed by atoms with van der Waals surface area (Å²) in [6.45, 7) is 2.15. The van der Waals surface area contributed by atoms with Gasteiger partial charge in [-0.25, -0.2) is 0 Å². The molecule has 0 aliphatic rings. The molecule has 6 heteroatoms. The van der Waals surface area contributed by atoms with Gasteiger partial charge in [0.25, 0.3) is 0 Å². The molecule has 0 aliphatic carbocycles. The molecule has 0 fully saturated rings. The molecular weight excluding hydrogens is 349 g/mol. The first-order chi connectivity index (χ1) is 11.5. The molecule has 0 aliphatic heterocycles. The van der Waals surface area contributed by atoms with Crippen molar-refractivity contribution < 1.29 is 14.7 Å². The van der Waals surface area contributed by atoms with Crippen molar-refractivity contribution in [2.45, 2.75) is 26.4 Å². The van der Waals surface area contributed by atoms with Crippen LogP contribution in [-0.4, -0.2) is 18.0 Å². The molecule has 0 heterocycles. The van der Waals surface area contributed by atoms with Gasteiger partial charge >= 0.3 is 0 Å². The van der Waals surface area contributed by atoms with E-state index in [0.717, 1.165) is 17.5 Å². The highest BCUT2D eigenvalue weighted by molar-refractivity contribution is 6.42. The van der Waals surface area contributed by atoms with Crippen LogP contribution >= 0.6 is 23.2 Å². The van der Waals surface area contributed by atoms with Gasteiger partial charge < -0.3 is 14.7 Å². The van der Waals surface area contributed by atoms with E-state index in [0.29, 0.717) is 40.3 Å². The smallest absolute Gasteiger partial charge is 0.161 e. The third kappa shape index (κ3) is 5.05. The number of nitrogens with zero attached hydrogens (tertiary/aromatic N) is 1. The predicted molar refractivity (Wildman–Crippen MR) is 97.0 cm³/mol. The Morgan fingerprint density at radius 3 is 2.46 bits per heavy atom. The van der Waals surface area contributed by atoms with Crippen molar-refractivity contribution in [3.8, 4) is 11.5 Å². The topological polar surface area (TPSA) is 51.0 Å². The number of aryl methyl sites for hydroxylation is 1. The highest BCUT2D eigenvalue weighted by Gasteiger charge is 2.08. The summed E-state index contributed by atoms with van der Waals surface area (Å²) in [6, 6.07) is 11.2. The average molecular weight is 368 g/mol. The summed E-state index contributed by atoms with van der Waals surface area (Å²) in [5.41, 5.74) is 2.69. The maximum Gasteiger partial charge on any atom is 0.161 e. The Hall–Kier alpha value is -1.91. The molecule has 2 rings (SSSR count). The predicted octanol–water partition coefficient (Wildman–Crippen LogP) is 5.36. The summed E-state index contributed by atoms with van der Waals surface area (Å²) < 4.78 is 11.2. The normalized spacial score (nSPS) is 11.4. The Labute approximate surface area is 151 Å². The molecule has 0 bridgehead atoms. The molecule has 128 valence electrons. The minimum Gasteiger partial charge on any atom is -0.493 e. The number of ether oxygens (including phenoxy) is 2. The Kier molecular flexibility index (Phi) is 6.76. The highest BCUT2D eigenvalue weighted by Crippen LogP contribution is 2.30. The molecule has 0 saturated heterocycles. The third-order valence-corrected chi connectivity index (χ3v) is 4.29. The van der Waals surface area contributed by atoms with E-state index in [1.165, 1.54) is 0 Å². The standard InChI is InChI=1S/C18H19Cl2NO3/c1-12(21-22)3-4-13-6-8-17(18(10-13)23-2)24-11-14-5-7-15(19)16(20)9-14/h5-10,22H,3-4,11H2,1-2H3/b21-12+. The Bertz CT molecular complexity index is 732. The molecule has 0 atom stereocenters. The maximum absolute atomic E-state index is 8.70. The molecule has 0 aromatic heterocycles. The van der Waals surface area contributed by atoms with E-state index in [9.17, 15) is 0 Å². The lowest BCUT2D eigenvalue weighted by Crippen LogP contribution is -2.00. The van der Waals surface area contributed by atoms with Crippen molar-refractivity contribution >= 4 is 28.9 Å². The fourth-order valence-electron chi connectivity index (χ4n) is 2.15. The van der Waals surface area contributed by atoms with Crippen LogP contribution in [0, 0.1) is 0 Å². The average Bonchev–Trinajstić information content (AvgIpc) is 2.60. The van der Waals surface area contributed by atoms with E-state index >= 15 is 0 Å². The fourth-order valence-corrected chi connectivity index (χ4v) is 2.47. The summed E-state index contributed by atoms with van der Waals surface area (Å²) in [6.07, 6.45) is 1.45. The number of hydrogen-bond donors (Lipinski definition) is 1. The molecule has 4 nitrogen and oxygen atoms in total. The second kappa shape index (κ2) is 8.81. The summed E-state index contributed by atoms with van der Waals surface area (Å²) in [5, 5.41) is 12.9. The molecule has 0 amide bonds. The van der Waals surface area contributed by atoms with E-state index in [1.54, 1.807) is 26.2 Å². The first kappa shape index (κ1) is 18.4. The monoisotopic (exact) mass is 367 g/mol. The van der Waals surface area contributed by atoms with Gasteiger partial charge in [0.15, 0.2) is 11.5 Å². The van der Waals surface area contributed by atoms with Gasteiger partial charge in [0.2, 0.25) is 0 Å². The summed E-state index contributed by atoms with van der Waals surface area (Å²) >= 11 is 11.9. The SMILES string of the molecule is COc1cc(CC/C(C)=N/O)ccc1OCc1ccc(Cl)c(Cl)c1. The van der Waals surface area contributed by atoms with Gasteiger partial charge in [-0.05, 0) is 55.2 Å². The molecule has 0 radical (unpaired) electrons. The van der Waals surface area contributed by atoms with Gasteiger partial charge in [-0.2, -0.15) is 0 Å². The lowest BCUT2D eigenvalue weighted by molar-refractivity contribution is 0.284. The third-order valence-electron chi connectivity index (χ3n) is 3.55. The Morgan fingerprint density at radius 1 is 1.04 bits per heavy atom. The van der Waals surface area contributed by atoms with E-state index in [-0.39, 0.29) is 0 Å². The van der Waals surface area contributed by atoms with E-state index in [2.05, 4.69) is 5.16 Å². The molecule has 24 heavy (non-hydrogen) atoms. The van der Waals surface area contributed by atoms with Gasteiger partial charge in [-0.15, -0.1) is 0 Å². The maximum atomic E-state index is 8.70. The van der Waals surface area contributed by atoms with Crippen molar-refractivity contribution in [1.29, 1.82) is 0 Å². The number of methoxy groups -OCH3 is 1. The molecule has 2 aromatic rings. The number of oxime groups is 1. The van der Waals surface area contributed by atoms with Crippen molar-refractivity contribution in [2.75, 3.05) is 7.11 Å². The number of hydrogen-bond acceptors (Lipinski definition) is 4. The molecule has 0 spiro atoms. The first-order valence-corrected chi connectivity index (χ1v) is 8.20. The van der Waals surface area contributed by atoms with Gasteiger partial charge in [-0.3, -0.25) is 0 Å². The molecule has 1 N–H and O–H groups in total. The van der Waals surface area contributed by atoms with E-state index in [1.807, 2.05) is 24.3 Å². The number of halogens is 2. The number of rotatable bonds is 7. The van der Waals surface area contributed by atoms with Crippen molar-refractivity contribution in [3.63, 3.8) is 0 Å². The zero-order valence-corrected chi connectivity index (χ0v) is 15.1. The van der Waals surface area contributed by atoms with Crippen LogP contribution in [0.2, 0.25) is 10.0 Å². The van der Waals surface area contributed by atoms with Crippen LogP contribution in [-0.2, 0) is 13.0 Å². The molecular formula is C18H19Cl2NO3. The van der Waals surface area contributed by atoms with Crippen LogP contribution in [0.3, 0.4) is 0 Å². The van der Waals surface area contributed by atoms with Crippen LogP contribution in [0.5, 0.6) is 11.5 Å². The van der Waals surface area contributed by atoms with Gasteiger partial charge in [-0.1, -0.05) is 40.5 Å². The Morgan fingerprint density at radius 2 is 1.79 bits per heavy atom. The fraction of sp³-hybridized carbons (Fsp3) is 0.278. The lowest BCUT2D eigenvalue weighted by Gasteiger charge is -2.12. The second-order valence-electron chi connectivity index (χ2n) is 5.36. The van der Waals surface area contributed by atoms with Crippen LogP contribution < -0.4 is 9.47 Å². The molecule has 2 aromatic carbocycles. The first-order valence-electron chi connectivity index (χ1n) is 7.44. The quantitative estimate of drug-likeness (QED) is 0.406. The van der Waals surface area contributed by atoms with Crippen molar-refractivity contribution in [3.05, 3.63) is 57.6 Å². The van der Waals surface area contributed by atoms with Gasteiger partial charge in [0.05, 0.1) is 22.9 Å². The summed E-state index contributed by atoms with van der Waals surface area (Å²) in [5.74, 6) is 1.31. The summed E-state index contributed by atoms with van der Waals surface area (Å²) in [4.78, 5) is 0. The minimum absolute atomic E-state index is 0.364. The Balaban J connectivity index is 2.05. The van der Waals surface area contributed by atoms with E-state index < -0.39 is 0 Å². The van der Waals surface area contributed by atoms with Crippen molar-refractivity contribution in [2.24, 2.45) is 5.16 Å². The summed E-state index contributed by atoms with van der Waals surface area (Å²) in [7, 11) is 1.60. The van der Waals surface area contributed by atoms with Crippen LogP contribution in [0.25, 0.3) is 0 Å². The molecule has 0 unspecified atom stereocenters. The number of benzene rings is 2. The molecule has 0 saturated carbocycles. The highest BCUT2D eigenvalue weighted by atomic mass is 35.5. The van der Waals surface area contributed by atoms with Crippen LogP contribution in [0.15, 0.2) is 41.6 Å². The zero-order chi connectivity index (χ0) is 17.5. The van der Waals surface area contributed by atoms with Crippen LogP contribution in [0.1, 0.15) is 24.5 Å². The van der Waals surface area contributed by atoms with Gasteiger partial charge in [0.1, 0.15) is 6.61 Å². The van der Waals surface area contributed by atoms with Crippen LogP contribution in [0.4, 0.5) is 0 Å². The largest absolute Gasteiger partial charge is 0.493 e. The second-order valence-corrected chi connectivity index (χ2v) is 6.17. The minimum atomic E-state index is 0.364. The van der Waals surface area contributed by atoms with Gasteiger partial charge in [0, 0.05) is 0 Å². The lowest BCUT2D eigenvalue weighted by atomic mass is 10.1. The zero-order valence-electron chi connectivity index (χ0n) is 13.6. The van der Waals surface area contributed by atoms with E-state index in [4.69, 9.17) is 37.9 Å². The van der Waals surface area contributed by atoms with Crippen molar-refractivity contribution in [1.82, 2.24) is 0 Å².